The quantitative estimate of drug-likeness (QED) is 0.216. The number of ether oxygens (including phenoxy) is 1. The van der Waals surface area contributed by atoms with Crippen molar-refractivity contribution < 1.29 is 23.9 Å². The molecule has 2 atom stereocenters. The number of carbonyl (C=O) groups excluding carboxylic acids is 4. The van der Waals surface area contributed by atoms with Crippen LogP contribution >= 0.6 is 22.6 Å². The molecule has 0 heterocycles. The molecule has 2 N–H and O–H groups in total. The van der Waals surface area contributed by atoms with Gasteiger partial charge in [0.15, 0.2) is 0 Å². The van der Waals surface area contributed by atoms with Gasteiger partial charge >= 0.3 is 5.97 Å². The number of hydrogen-bond acceptors (Lipinski definition) is 5. The average Bonchev–Trinajstić information content (AvgIpc) is 2.74. The first-order valence-electron chi connectivity index (χ1n) is 11.3. The molecule has 0 aromatic heterocycles. The van der Waals surface area contributed by atoms with Crippen molar-refractivity contribution in [2.75, 3.05) is 9.74 Å². The number of rotatable bonds is 12. The lowest BCUT2D eigenvalue weighted by Crippen LogP contribution is -2.45. The van der Waals surface area contributed by atoms with Crippen molar-refractivity contribution in [1.29, 1.82) is 0 Å². The van der Waals surface area contributed by atoms with Gasteiger partial charge < -0.3 is 15.4 Å². The maximum atomic E-state index is 12.6. The summed E-state index contributed by atoms with van der Waals surface area (Å²) in [5, 5.41) is 5.48. The van der Waals surface area contributed by atoms with Crippen molar-refractivity contribution >= 4 is 51.8 Å². The van der Waals surface area contributed by atoms with E-state index in [4.69, 9.17) is 4.74 Å². The number of hydrogen-bond donors (Lipinski definition) is 2. The summed E-state index contributed by atoms with van der Waals surface area (Å²) in [5.41, 5.74) is 1.47. The van der Waals surface area contributed by atoms with Gasteiger partial charge in [0, 0.05) is 24.4 Å². The van der Waals surface area contributed by atoms with E-state index in [0.717, 1.165) is 12.0 Å². The molecule has 0 unspecified atom stereocenters. The zero-order valence-electron chi connectivity index (χ0n) is 20.5. The number of benzene rings is 1. The summed E-state index contributed by atoms with van der Waals surface area (Å²) in [7, 11) is 0. The van der Waals surface area contributed by atoms with E-state index < -0.39 is 12.0 Å². The van der Waals surface area contributed by atoms with Gasteiger partial charge in [0.2, 0.25) is 11.8 Å². The van der Waals surface area contributed by atoms with Crippen LogP contribution in [-0.4, -0.2) is 34.0 Å². The van der Waals surface area contributed by atoms with Gasteiger partial charge in [-0.1, -0.05) is 69.3 Å². The normalized spacial score (nSPS) is 13.2. The Morgan fingerprint density at radius 2 is 1.61 bits per heavy atom. The minimum atomic E-state index is -0.753. The monoisotopic (exact) mass is 572 g/mol. The molecule has 0 fully saturated rings. The van der Waals surface area contributed by atoms with E-state index in [2.05, 4.69) is 31.4 Å². The Balaban J connectivity index is 2.56. The summed E-state index contributed by atoms with van der Waals surface area (Å²) in [6.45, 7) is 11.8. The summed E-state index contributed by atoms with van der Waals surface area (Å²) >= 11 is 1.99. The second-order valence-corrected chi connectivity index (χ2v) is 10.6. The molecule has 0 bridgehead atoms. The van der Waals surface area contributed by atoms with Crippen LogP contribution in [0.2, 0.25) is 0 Å². The van der Waals surface area contributed by atoms with Crippen LogP contribution in [0.1, 0.15) is 66.4 Å². The molecule has 0 aliphatic heterocycles. The van der Waals surface area contributed by atoms with Crippen molar-refractivity contribution in [2.24, 2.45) is 17.3 Å². The van der Waals surface area contributed by atoms with Gasteiger partial charge in [-0.15, -0.1) is 0 Å². The van der Waals surface area contributed by atoms with Crippen LogP contribution in [0.25, 0.3) is 0 Å². The highest BCUT2D eigenvalue weighted by atomic mass is 127. The third kappa shape index (κ3) is 11.6. The van der Waals surface area contributed by atoms with Crippen LogP contribution in [0.4, 0.5) is 5.69 Å². The maximum absolute atomic E-state index is 12.6. The molecule has 1 aromatic rings. The lowest BCUT2D eigenvalue weighted by molar-refractivity contribution is -0.145. The van der Waals surface area contributed by atoms with Crippen LogP contribution in [-0.2, 0) is 30.5 Å². The summed E-state index contributed by atoms with van der Waals surface area (Å²) in [5.74, 6) is -1.34. The minimum Gasteiger partial charge on any atom is -0.461 e. The molecule has 0 radical (unpaired) electrons. The fraction of sp³-hybridized carbons (Fsp3) is 0.600. The van der Waals surface area contributed by atoms with Crippen LogP contribution < -0.4 is 10.6 Å². The summed E-state index contributed by atoms with van der Waals surface area (Å²) in [6, 6.07) is 6.25. The van der Waals surface area contributed by atoms with Gasteiger partial charge in [0.1, 0.15) is 18.4 Å². The third-order valence-corrected chi connectivity index (χ3v) is 6.04. The lowest BCUT2D eigenvalue weighted by atomic mass is 9.90. The summed E-state index contributed by atoms with van der Waals surface area (Å²) in [6.07, 6.45) is 1.31. The standard InChI is InChI=1S/C25H37IN2O5/c1-16(2)21(13-20(29)14-26)24(32)27-17(3)23(31)28-19-9-7-18(8-10-19)15-33-22(30)11-12-25(4,5)6/h7-10,16-17,21H,11-15H2,1-6H3,(H,27,32)(H,28,31)/t17-,21-/m0/s1. The molecule has 1 aromatic carbocycles. The fourth-order valence-corrected chi connectivity index (χ4v) is 3.28. The fourth-order valence-electron chi connectivity index (χ4n) is 2.96. The van der Waals surface area contributed by atoms with Gasteiger partial charge in [-0.3, -0.25) is 19.2 Å². The van der Waals surface area contributed by atoms with E-state index >= 15 is 0 Å². The number of Topliss-reactive ketones (excluding diaryl/α,β-unsaturated/α-hetero) is 1. The Hall–Kier alpha value is -1.97. The third-order valence-electron chi connectivity index (χ3n) is 5.19. The number of carbonyl (C=O) groups is 4. The molecule has 0 aliphatic rings. The van der Waals surface area contributed by atoms with Crippen molar-refractivity contribution in [2.45, 2.75) is 73.5 Å². The number of esters is 1. The lowest BCUT2D eigenvalue weighted by Gasteiger charge is -2.22. The molecule has 0 spiro atoms. The van der Waals surface area contributed by atoms with Crippen molar-refractivity contribution in [1.82, 2.24) is 5.32 Å². The topological polar surface area (TPSA) is 102 Å². The molecular formula is C25H37IN2O5. The number of anilines is 1. The zero-order valence-corrected chi connectivity index (χ0v) is 22.7. The Bertz CT molecular complexity index is 815. The van der Waals surface area contributed by atoms with Gasteiger partial charge in [-0.25, -0.2) is 0 Å². The second kappa shape index (κ2) is 13.7. The average molecular weight is 572 g/mol. The van der Waals surface area contributed by atoms with E-state index in [1.54, 1.807) is 31.2 Å². The van der Waals surface area contributed by atoms with Gasteiger partial charge in [-0.05, 0) is 42.4 Å². The number of nitrogens with one attached hydrogen (secondary N) is 2. The van der Waals surface area contributed by atoms with Crippen LogP contribution in [0.3, 0.4) is 0 Å². The van der Waals surface area contributed by atoms with Crippen LogP contribution in [0.5, 0.6) is 0 Å². The number of alkyl halides is 1. The van der Waals surface area contributed by atoms with E-state index in [1.165, 1.54) is 0 Å². The van der Waals surface area contributed by atoms with E-state index in [9.17, 15) is 19.2 Å². The summed E-state index contributed by atoms with van der Waals surface area (Å²) in [4.78, 5) is 48.8. The predicted octanol–water partition coefficient (Wildman–Crippen LogP) is 4.67. The number of amides is 2. The first kappa shape index (κ1) is 29.1. The van der Waals surface area contributed by atoms with Crippen molar-refractivity contribution in [3.63, 3.8) is 0 Å². The SMILES string of the molecule is CC(C)[C@H](CC(=O)CI)C(=O)N[C@@H](C)C(=O)Nc1ccc(COC(=O)CCC(C)(C)C)cc1. The van der Waals surface area contributed by atoms with Gasteiger partial charge in [-0.2, -0.15) is 0 Å². The van der Waals surface area contributed by atoms with Crippen LogP contribution in [0, 0.1) is 17.3 Å². The zero-order chi connectivity index (χ0) is 25.2. The molecule has 2 amide bonds. The summed E-state index contributed by atoms with van der Waals surface area (Å²) < 4.78 is 5.66. The highest BCUT2D eigenvalue weighted by Crippen LogP contribution is 2.21. The smallest absolute Gasteiger partial charge is 0.306 e. The Morgan fingerprint density at radius 1 is 1.00 bits per heavy atom. The van der Waals surface area contributed by atoms with E-state index in [-0.39, 0.29) is 47.9 Å². The van der Waals surface area contributed by atoms with Crippen molar-refractivity contribution in [3.8, 4) is 0 Å². The Labute approximate surface area is 210 Å². The molecular weight excluding hydrogens is 535 g/mol. The molecule has 184 valence electrons. The Kier molecular flexibility index (Phi) is 12.0. The molecule has 33 heavy (non-hydrogen) atoms. The Morgan fingerprint density at radius 3 is 2.12 bits per heavy atom. The van der Waals surface area contributed by atoms with Gasteiger partial charge in [0.05, 0.1) is 4.43 Å². The molecule has 7 nitrogen and oxygen atoms in total. The van der Waals surface area contributed by atoms with Crippen LogP contribution in [0.15, 0.2) is 24.3 Å². The predicted molar refractivity (Wildman–Crippen MR) is 138 cm³/mol. The number of halogens is 1. The largest absolute Gasteiger partial charge is 0.461 e. The van der Waals surface area contributed by atoms with E-state index in [1.807, 2.05) is 36.4 Å². The highest BCUT2D eigenvalue weighted by molar-refractivity contribution is 14.1. The second-order valence-electron chi connectivity index (χ2n) is 9.86. The van der Waals surface area contributed by atoms with E-state index in [0.29, 0.717) is 16.5 Å². The maximum Gasteiger partial charge on any atom is 0.306 e. The minimum absolute atomic E-state index is 0.0118. The number of ketones is 1. The molecule has 8 heteroatoms. The molecule has 1 rings (SSSR count). The molecule has 0 saturated carbocycles. The molecule has 0 saturated heterocycles. The van der Waals surface area contributed by atoms with Gasteiger partial charge in [0.25, 0.3) is 0 Å². The highest BCUT2D eigenvalue weighted by Gasteiger charge is 2.27. The first-order valence-corrected chi connectivity index (χ1v) is 12.8. The first-order chi connectivity index (χ1) is 15.3. The molecule has 0 aliphatic carbocycles. The van der Waals surface area contributed by atoms with Crippen molar-refractivity contribution in [3.05, 3.63) is 29.8 Å².